The third-order valence-corrected chi connectivity index (χ3v) is 20.9. The van der Waals surface area contributed by atoms with Crippen molar-refractivity contribution in [1.82, 2.24) is 0 Å². The molecule has 9 aromatic rings. The Morgan fingerprint density at radius 3 is 0.662 bits per heavy atom. The van der Waals surface area contributed by atoms with E-state index in [-0.39, 0.29) is 93.8 Å². The molecule has 0 bridgehead atoms. The van der Waals surface area contributed by atoms with Crippen LogP contribution >= 0.6 is 0 Å². The van der Waals surface area contributed by atoms with Crippen LogP contribution in [0.15, 0.2) is 217 Å². The quantitative estimate of drug-likeness (QED) is 0.0455. The second kappa shape index (κ2) is 27.1. The van der Waals surface area contributed by atoms with E-state index in [4.69, 9.17) is 0 Å². The molecule has 1 unspecified atom stereocenters. The Labute approximate surface area is 501 Å². The summed E-state index contributed by atoms with van der Waals surface area (Å²) in [6.07, 6.45) is 7.17. The predicted octanol–water partition coefficient (Wildman–Crippen LogP) is 6.41. The normalized spacial score (nSPS) is 13.8. The molecule has 0 aliphatic heterocycles. The monoisotopic (exact) mass is 1180 g/mol. The molecule has 0 saturated carbocycles. The van der Waals surface area contributed by atoms with Gasteiger partial charge in [0.1, 0.15) is 43.0 Å². The molecule has 80 heavy (non-hydrogen) atoms. The van der Waals surface area contributed by atoms with Crippen molar-refractivity contribution in [2.24, 2.45) is 0 Å². The zero-order valence-corrected chi connectivity index (χ0v) is 49.5. The standard InChI is InChI=1S/C69H57F6Si.3ClH.Ti/c1-45-44-69(4,47(3)46(45)2)76(66-38-54(29-48-5-17-60(70)18-6-48)35-55(39-66)30-49-7-19-61(71)20-8-49,67-40-56(31-50-9-21-62(72)22-10-50)36-57(41-67)32-51-11-23-63(73)24-12-51)68-42-58(33-52-13-25-64(74)26-14-52)37-59(43-68)34-53-15-27-65(75)28-16-53;;;;/h5-28,35-43H,29-34H2,1-4H3;3*1H;/q-1;;;;+4/p-3. The zero-order valence-electron chi connectivity index (χ0n) is 44.7. The number of halogens is 9. The Bertz CT molecular complexity index is 3080. The van der Waals surface area contributed by atoms with E-state index in [9.17, 15) is 26.3 Å². The SMILES string of the molecule is CC1=[C-]C(C)([Si](c2cc(Cc3ccc(F)cc3)cc(Cc3ccc(F)cc3)c2)(c2cc(Cc3ccc(F)cc3)cc(Cc3ccc(F)cc3)c2)c2cc(Cc3ccc(F)cc3)cc(Cc3ccc(F)cc3)c2)C(C)=C1C.[Cl-].[Cl-].[Cl-].[Ti+4]. The minimum Gasteiger partial charge on any atom is -1.00 e. The van der Waals surface area contributed by atoms with Gasteiger partial charge in [-0.05, 0) is 194 Å². The van der Waals surface area contributed by atoms with E-state index in [1.165, 1.54) is 78.4 Å². The van der Waals surface area contributed by atoms with Crippen molar-refractivity contribution in [3.63, 3.8) is 0 Å². The first kappa shape index (κ1) is 63.0. The average Bonchev–Trinajstić information content (AvgIpc) is 3.25. The fourth-order valence-electron chi connectivity index (χ4n) is 11.5. The van der Waals surface area contributed by atoms with Crippen molar-refractivity contribution in [3.8, 4) is 0 Å². The van der Waals surface area contributed by atoms with Gasteiger partial charge in [0, 0.05) is 0 Å². The summed E-state index contributed by atoms with van der Waals surface area (Å²) in [5.41, 5.74) is 15.1. The number of allylic oxidation sites excluding steroid dienone is 4. The van der Waals surface area contributed by atoms with Gasteiger partial charge >= 0.3 is 21.7 Å². The number of hydrogen-bond acceptors (Lipinski definition) is 0. The molecule has 1 aliphatic rings. The maximum absolute atomic E-state index is 14.5. The van der Waals surface area contributed by atoms with Crippen molar-refractivity contribution >= 4 is 23.6 Å². The molecule has 10 rings (SSSR count). The average molecular weight is 1180 g/mol. The van der Waals surface area contributed by atoms with Gasteiger partial charge in [0.15, 0.2) is 0 Å². The van der Waals surface area contributed by atoms with E-state index >= 15 is 0 Å². The third-order valence-electron chi connectivity index (χ3n) is 15.4. The van der Waals surface area contributed by atoms with Gasteiger partial charge in [-0.3, -0.25) is 6.08 Å². The van der Waals surface area contributed by atoms with E-state index < -0.39 is 13.1 Å². The Balaban J connectivity index is 0.00000258. The van der Waals surface area contributed by atoms with Crippen molar-refractivity contribution < 1.29 is 85.3 Å². The Morgan fingerprint density at radius 1 is 0.312 bits per heavy atom. The van der Waals surface area contributed by atoms with Crippen molar-refractivity contribution in [1.29, 1.82) is 0 Å². The fourth-order valence-corrected chi connectivity index (χ4v) is 17.8. The Hall–Kier alpha value is -6.16. The number of benzene rings is 9. The molecular formula is C69H57Cl3F6SiTi. The predicted molar refractivity (Wildman–Crippen MR) is 298 cm³/mol. The smallest absolute Gasteiger partial charge is 1.00 e. The summed E-state index contributed by atoms with van der Waals surface area (Å²) in [6.45, 7) is 8.86. The van der Waals surface area contributed by atoms with Crippen LogP contribution in [-0.2, 0) is 60.2 Å². The summed E-state index contributed by atoms with van der Waals surface area (Å²) in [5.74, 6) is -1.92. The van der Waals surface area contributed by atoms with Gasteiger partial charge in [0.25, 0.3) is 0 Å². The van der Waals surface area contributed by atoms with Gasteiger partial charge in [0.2, 0.25) is 0 Å². The van der Waals surface area contributed by atoms with Crippen LogP contribution in [0.1, 0.15) is 94.5 Å². The van der Waals surface area contributed by atoms with Gasteiger partial charge in [-0.2, -0.15) is 11.1 Å². The van der Waals surface area contributed by atoms with E-state index in [2.05, 4.69) is 88.4 Å². The second-order valence-electron chi connectivity index (χ2n) is 20.8. The molecular weight excluding hydrogens is 1130 g/mol. The van der Waals surface area contributed by atoms with Gasteiger partial charge in [0.05, 0.1) is 0 Å². The molecule has 404 valence electrons. The molecule has 9 aromatic carbocycles. The Morgan fingerprint density at radius 2 is 0.500 bits per heavy atom. The summed E-state index contributed by atoms with van der Waals surface area (Å²) in [5, 5.41) is 2.52. The summed E-state index contributed by atoms with van der Waals surface area (Å²) in [7, 11) is -3.76. The topological polar surface area (TPSA) is 0 Å². The first-order valence-corrected chi connectivity index (χ1v) is 27.8. The molecule has 1 aliphatic carbocycles. The van der Waals surface area contributed by atoms with E-state index in [1.807, 2.05) is 72.8 Å². The first-order chi connectivity index (χ1) is 36.6. The molecule has 0 nitrogen and oxygen atoms in total. The molecule has 11 heteroatoms. The molecule has 0 aromatic heterocycles. The van der Waals surface area contributed by atoms with Crippen molar-refractivity contribution in [2.45, 2.75) is 71.3 Å². The minimum absolute atomic E-state index is 0. The van der Waals surface area contributed by atoms with Crippen molar-refractivity contribution in [2.75, 3.05) is 0 Å². The largest absolute Gasteiger partial charge is 4.00 e. The van der Waals surface area contributed by atoms with Crippen LogP contribution in [0.5, 0.6) is 0 Å². The fraction of sp³-hybridized carbons (Fsp3) is 0.159. The minimum atomic E-state index is -3.76. The maximum atomic E-state index is 14.5. The van der Waals surface area contributed by atoms with Crippen LogP contribution in [0.3, 0.4) is 0 Å². The summed E-state index contributed by atoms with van der Waals surface area (Å²) in [4.78, 5) is 0. The van der Waals surface area contributed by atoms with Crippen LogP contribution in [0.25, 0.3) is 0 Å². The van der Waals surface area contributed by atoms with E-state index in [1.54, 1.807) is 0 Å². The molecule has 0 amide bonds. The van der Waals surface area contributed by atoms with Crippen molar-refractivity contribution in [3.05, 3.63) is 325 Å². The Kier molecular flexibility index (Phi) is 21.3. The summed E-state index contributed by atoms with van der Waals surface area (Å²) < 4.78 is 87.1. The molecule has 0 saturated heterocycles. The van der Waals surface area contributed by atoms with E-state index in [0.717, 1.165) is 93.5 Å². The van der Waals surface area contributed by atoms with Gasteiger partial charge in [-0.1, -0.05) is 153 Å². The van der Waals surface area contributed by atoms with Crippen LogP contribution in [-0.4, -0.2) is 8.07 Å². The molecule has 0 heterocycles. The van der Waals surface area contributed by atoms with Gasteiger partial charge < -0.3 is 37.2 Å². The van der Waals surface area contributed by atoms with Crippen LogP contribution < -0.4 is 52.8 Å². The molecule has 0 fully saturated rings. The summed E-state index contributed by atoms with van der Waals surface area (Å²) in [6, 6.07) is 60.4. The molecule has 1 atom stereocenters. The molecule has 0 spiro atoms. The van der Waals surface area contributed by atoms with Gasteiger partial charge in [-0.15, -0.1) is 6.92 Å². The first-order valence-electron chi connectivity index (χ1n) is 25.8. The van der Waals surface area contributed by atoms with Crippen LogP contribution in [0, 0.1) is 41.0 Å². The second-order valence-corrected chi connectivity index (χ2v) is 25.0. The molecule has 0 N–H and O–H groups in total. The summed E-state index contributed by atoms with van der Waals surface area (Å²) >= 11 is 0. The van der Waals surface area contributed by atoms with Crippen LogP contribution in [0.4, 0.5) is 26.3 Å². The number of rotatable bonds is 16. The third kappa shape index (κ3) is 14.1. The zero-order chi connectivity index (χ0) is 53.1. The number of hydrogen-bond donors (Lipinski definition) is 0. The van der Waals surface area contributed by atoms with E-state index in [0.29, 0.717) is 38.5 Å². The molecule has 0 radical (unpaired) electrons. The maximum Gasteiger partial charge on any atom is 4.00 e. The van der Waals surface area contributed by atoms with Crippen LogP contribution in [0.2, 0.25) is 5.04 Å². The van der Waals surface area contributed by atoms with Gasteiger partial charge in [-0.25, -0.2) is 31.9 Å².